The van der Waals surface area contributed by atoms with Crippen LogP contribution < -0.4 is 0 Å². The molecule has 3 heteroatoms. The Morgan fingerprint density at radius 3 is 2.22 bits per heavy atom. The number of phenols is 1. The predicted molar refractivity (Wildman–Crippen MR) is 73.6 cm³/mol. The summed E-state index contributed by atoms with van der Waals surface area (Å²) in [7, 11) is 0. The lowest BCUT2D eigenvalue weighted by Gasteiger charge is -1.98. The highest BCUT2D eigenvalue weighted by Gasteiger charge is 1.96. The number of benzene rings is 2. The normalized spacial score (nSPS) is 10.7. The van der Waals surface area contributed by atoms with Gasteiger partial charge in [0, 0.05) is 0 Å². The van der Waals surface area contributed by atoms with Crippen molar-refractivity contribution >= 4 is 17.5 Å². The van der Waals surface area contributed by atoms with Crippen molar-refractivity contribution in [2.75, 3.05) is 0 Å². The average Bonchev–Trinajstić information content (AvgIpc) is 2.41. The number of aryl methyl sites for hydroxylation is 1. The summed E-state index contributed by atoms with van der Waals surface area (Å²) in [4.78, 5) is 0. The fourth-order valence-corrected chi connectivity index (χ4v) is 1.49. The topological polar surface area (TPSA) is 45.0 Å². The molecule has 0 bridgehead atoms. The SMILES string of the molecule is C=Cc1ccc(N=Nc2ccc(O)c(C)c2)cc1. The molecule has 0 aromatic heterocycles. The number of hydrogen-bond acceptors (Lipinski definition) is 3. The van der Waals surface area contributed by atoms with Crippen LogP contribution in [0.3, 0.4) is 0 Å². The van der Waals surface area contributed by atoms with Crippen LogP contribution in [0.15, 0.2) is 59.3 Å². The lowest BCUT2D eigenvalue weighted by Crippen LogP contribution is -1.73. The molecular formula is C15H14N2O. The molecule has 0 unspecified atom stereocenters. The van der Waals surface area contributed by atoms with Crippen molar-refractivity contribution in [3.63, 3.8) is 0 Å². The molecular weight excluding hydrogens is 224 g/mol. The van der Waals surface area contributed by atoms with Gasteiger partial charge in [0.2, 0.25) is 0 Å². The molecule has 0 radical (unpaired) electrons. The van der Waals surface area contributed by atoms with E-state index in [4.69, 9.17) is 0 Å². The minimum Gasteiger partial charge on any atom is -0.508 e. The summed E-state index contributed by atoms with van der Waals surface area (Å²) >= 11 is 0. The minimum absolute atomic E-state index is 0.268. The standard InChI is InChI=1S/C15H14N2O/c1-3-12-4-6-13(7-5-12)16-17-14-8-9-15(18)11(2)10-14/h3-10,18H,1H2,2H3. The molecule has 2 aromatic rings. The molecule has 0 aliphatic rings. The van der Waals surface area contributed by atoms with Crippen LogP contribution in [-0.2, 0) is 0 Å². The average molecular weight is 238 g/mol. The molecule has 0 saturated carbocycles. The highest BCUT2D eigenvalue weighted by Crippen LogP contribution is 2.24. The van der Waals surface area contributed by atoms with E-state index in [9.17, 15) is 5.11 Å². The molecule has 0 atom stereocenters. The van der Waals surface area contributed by atoms with Crippen LogP contribution in [0.5, 0.6) is 5.75 Å². The van der Waals surface area contributed by atoms with E-state index in [0.29, 0.717) is 0 Å². The van der Waals surface area contributed by atoms with Crippen LogP contribution in [0.1, 0.15) is 11.1 Å². The van der Waals surface area contributed by atoms with Gasteiger partial charge in [-0.15, -0.1) is 0 Å². The second kappa shape index (κ2) is 5.27. The quantitative estimate of drug-likeness (QED) is 0.770. The van der Waals surface area contributed by atoms with Gasteiger partial charge in [0.15, 0.2) is 0 Å². The monoisotopic (exact) mass is 238 g/mol. The maximum atomic E-state index is 9.40. The van der Waals surface area contributed by atoms with Gasteiger partial charge in [-0.1, -0.05) is 24.8 Å². The number of phenolic OH excluding ortho intramolecular Hbond substituents is 1. The van der Waals surface area contributed by atoms with Gasteiger partial charge in [0.05, 0.1) is 11.4 Å². The van der Waals surface area contributed by atoms with Crippen molar-refractivity contribution in [1.82, 2.24) is 0 Å². The van der Waals surface area contributed by atoms with E-state index in [-0.39, 0.29) is 5.75 Å². The molecule has 0 aliphatic heterocycles. The predicted octanol–water partition coefficient (Wildman–Crippen LogP) is 4.76. The first-order valence-electron chi connectivity index (χ1n) is 5.63. The van der Waals surface area contributed by atoms with E-state index in [0.717, 1.165) is 22.5 Å². The van der Waals surface area contributed by atoms with Crippen LogP contribution in [0.4, 0.5) is 11.4 Å². The molecule has 3 nitrogen and oxygen atoms in total. The summed E-state index contributed by atoms with van der Waals surface area (Å²) in [6.45, 7) is 5.52. The summed E-state index contributed by atoms with van der Waals surface area (Å²) in [5.74, 6) is 0.268. The van der Waals surface area contributed by atoms with Gasteiger partial charge in [-0.25, -0.2) is 0 Å². The molecule has 1 N–H and O–H groups in total. The number of hydrogen-bond donors (Lipinski definition) is 1. The highest BCUT2D eigenvalue weighted by molar-refractivity contribution is 5.51. The van der Waals surface area contributed by atoms with Crippen LogP contribution in [-0.4, -0.2) is 5.11 Å². The van der Waals surface area contributed by atoms with Gasteiger partial charge < -0.3 is 5.11 Å². The maximum Gasteiger partial charge on any atom is 0.118 e. The first-order valence-corrected chi connectivity index (χ1v) is 5.63. The van der Waals surface area contributed by atoms with Crippen molar-refractivity contribution in [3.05, 3.63) is 60.2 Å². The molecule has 2 aromatic carbocycles. The summed E-state index contributed by atoms with van der Waals surface area (Å²) in [5.41, 5.74) is 3.34. The van der Waals surface area contributed by atoms with E-state index in [1.54, 1.807) is 24.3 Å². The van der Waals surface area contributed by atoms with Gasteiger partial charge in [0.1, 0.15) is 5.75 Å². The zero-order valence-corrected chi connectivity index (χ0v) is 10.2. The molecule has 90 valence electrons. The van der Waals surface area contributed by atoms with Gasteiger partial charge >= 0.3 is 0 Å². The third kappa shape index (κ3) is 2.83. The van der Waals surface area contributed by atoms with E-state index in [2.05, 4.69) is 16.8 Å². The lowest BCUT2D eigenvalue weighted by molar-refractivity contribution is 0.471. The first kappa shape index (κ1) is 12.0. The van der Waals surface area contributed by atoms with E-state index >= 15 is 0 Å². The number of nitrogens with zero attached hydrogens (tertiary/aromatic N) is 2. The van der Waals surface area contributed by atoms with Crippen molar-refractivity contribution in [2.45, 2.75) is 6.92 Å². The van der Waals surface area contributed by atoms with Crippen molar-refractivity contribution in [3.8, 4) is 5.75 Å². The van der Waals surface area contributed by atoms with Crippen molar-refractivity contribution < 1.29 is 5.11 Å². The largest absolute Gasteiger partial charge is 0.508 e. The Labute approximate surface area is 106 Å². The highest BCUT2D eigenvalue weighted by atomic mass is 16.3. The van der Waals surface area contributed by atoms with Gasteiger partial charge in [-0.05, 0) is 48.4 Å². The van der Waals surface area contributed by atoms with Crippen molar-refractivity contribution in [2.24, 2.45) is 10.2 Å². The number of aromatic hydroxyl groups is 1. The molecule has 0 fully saturated rings. The zero-order valence-electron chi connectivity index (χ0n) is 10.2. The Morgan fingerprint density at radius 1 is 1.00 bits per heavy atom. The fourth-order valence-electron chi connectivity index (χ4n) is 1.49. The molecule has 0 spiro atoms. The molecule has 0 aliphatic carbocycles. The molecule has 2 rings (SSSR count). The number of rotatable bonds is 3. The Balaban J connectivity index is 2.18. The summed E-state index contributed by atoms with van der Waals surface area (Å²) < 4.78 is 0. The van der Waals surface area contributed by atoms with Crippen LogP contribution in [0.2, 0.25) is 0 Å². The van der Waals surface area contributed by atoms with Crippen LogP contribution in [0.25, 0.3) is 6.08 Å². The fraction of sp³-hybridized carbons (Fsp3) is 0.0667. The van der Waals surface area contributed by atoms with Crippen LogP contribution >= 0.6 is 0 Å². The Kier molecular flexibility index (Phi) is 3.53. The summed E-state index contributed by atoms with van der Waals surface area (Å²) in [6.07, 6.45) is 1.78. The second-order valence-electron chi connectivity index (χ2n) is 3.97. The van der Waals surface area contributed by atoms with Crippen molar-refractivity contribution in [1.29, 1.82) is 0 Å². The van der Waals surface area contributed by atoms with Crippen LogP contribution in [0, 0.1) is 6.92 Å². The molecule has 0 heterocycles. The third-order valence-corrected chi connectivity index (χ3v) is 2.59. The van der Waals surface area contributed by atoms with E-state index in [1.165, 1.54) is 0 Å². The first-order chi connectivity index (χ1) is 8.69. The summed E-state index contributed by atoms with van der Waals surface area (Å²) in [5, 5.41) is 17.7. The zero-order chi connectivity index (χ0) is 13.0. The number of azo groups is 1. The molecule has 0 amide bonds. The van der Waals surface area contributed by atoms with E-state index < -0.39 is 0 Å². The van der Waals surface area contributed by atoms with E-state index in [1.807, 2.05) is 31.2 Å². The maximum absolute atomic E-state index is 9.40. The third-order valence-electron chi connectivity index (χ3n) is 2.59. The Hall–Kier alpha value is -2.42. The molecule has 0 saturated heterocycles. The summed E-state index contributed by atoms with van der Waals surface area (Å²) in [6, 6.07) is 12.8. The smallest absolute Gasteiger partial charge is 0.118 e. The second-order valence-corrected chi connectivity index (χ2v) is 3.97. The Morgan fingerprint density at radius 2 is 1.61 bits per heavy atom. The van der Waals surface area contributed by atoms with Gasteiger partial charge in [-0.2, -0.15) is 10.2 Å². The minimum atomic E-state index is 0.268. The van der Waals surface area contributed by atoms with Gasteiger partial charge in [-0.3, -0.25) is 0 Å². The Bertz CT molecular complexity index is 586. The lowest BCUT2D eigenvalue weighted by atomic mass is 10.2. The van der Waals surface area contributed by atoms with Gasteiger partial charge in [0.25, 0.3) is 0 Å². The molecule has 18 heavy (non-hydrogen) atoms.